The molecule has 18 heavy (non-hydrogen) atoms. The molecule has 0 bridgehead atoms. The number of rotatable bonds is 2. The Hall–Kier alpha value is -1.50. The van der Waals surface area contributed by atoms with Crippen molar-refractivity contribution in [2.45, 2.75) is 45.1 Å². The molecule has 1 heterocycles. The minimum Gasteiger partial charge on any atom is -0.344 e. The second-order valence-corrected chi connectivity index (χ2v) is 5.46. The quantitative estimate of drug-likeness (QED) is 0.697. The van der Waals surface area contributed by atoms with Crippen LogP contribution in [0.5, 0.6) is 0 Å². The molecule has 0 amide bonds. The van der Waals surface area contributed by atoms with E-state index in [9.17, 15) is 0 Å². The molecule has 1 aliphatic carbocycles. The highest BCUT2D eigenvalue weighted by atomic mass is 15.0. The van der Waals surface area contributed by atoms with Crippen LogP contribution >= 0.6 is 0 Å². The lowest BCUT2D eigenvalue weighted by atomic mass is 9.95. The zero-order valence-electron chi connectivity index (χ0n) is 11.1. The van der Waals surface area contributed by atoms with Crippen molar-refractivity contribution in [3.05, 3.63) is 48.2 Å². The van der Waals surface area contributed by atoms with Crippen molar-refractivity contribution in [3.8, 4) is 11.3 Å². The Bertz CT molecular complexity index is 501. The number of benzene rings is 1. The van der Waals surface area contributed by atoms with Gasteiger partial charge in [-0.3, -0.25) is 0 Å². The molecule has 1 aliphatic rings. The SMILES string of the molecule is Cc1ccc(-c2cccn2C2CCCCC2)cc1. The number of hydrogen-bond acceptors (Lipinski definition) is 0. The second-order valence-electron chi connectivity index (χ2n) is 5.46. The van der Waals surface area contributed by atoms with Crippen molar-refractivity contribution >= 4 is 0 Å². The van der Waals surface area contributed by atoms with E-state index in [1.54, 1.807) is 0 Å². The highest BCUT2D eigenvalue weighted by Gasteiger charge is 2.17. The first-order chi connectivity index (χ1) is 8.84. The Morgan fingerprint density at radius 3 is 2.39 bits per heavy atom. The molecule has 0 atom stereocenters. The van der Waals surface area contributed by atoms with E-state index in [0.29, 0.717) is 6.04 Å². The molecule has 0 saturated heterocycles. The molecule has 0 aliphatic heterocycles. The highest BCUT2D eigenvalue weighted by Crippen LogP contribution is 2.32. The number of nitrogens with zero attached hydrogens (tertiary/aromatic N) is 1. The average molecular weight is 239 g/mol. The predicted molar refractivity (Wildman–Crippen MR) is 76.7 cm³/mol. The van der Waals surface area contributed by atoms with Crippen molar-refractivity contribution in [1.82, 2.24) is 4.57 Å². The maximum atomic E-state index is 2.49. The van der Waals surface area contributed by atoms with Gasteiger partial charge in [0.25, 0.3) is 0 Å². The van der Waals surface area contributed by atoms with E-state index < -0.39 is 0 Å². The van der Waals surface area contributed by atoms with Crippen LogP contribution in [0.1, 0.15) is 43.7 Å². The lowest BCUT2D eigenvalue weighted by Crippen LogP contribution is -2.12. The predicted octanol–water partition coefficient (Wildman–Crippen LogP) is 4.97. The van der Waals surface area contributed by atoms with Crippen molar-refractivity contribution < 1.29 is 0 Å². The molecule has 1 aromatic carbocycles. The van der Waals surface area contributed by atoms with Gasteiger partial charge in [-0.1, -0.05) is 49.1 Å². The van der Waals surface area contributed by atoms with Crippen LogP contribution < -0.4 is 0 Å². The molecule has 2 aromatic rings. The van der Waals surface area contributed by atoms with Crippen LogP contribution in [0, 0.1) is 6.92 Å². The Morgan fingerprint density at radius 2 is 1.67 bits per heavy atom. The first kappa shape index (κ1) is 11.6. The van der Waals surface area contributed by atoms with Gasteiger partial charge in [-0.15, -0.1) is 0 Å². The van der Waals surface area contributed by atoms with Gasteiger partial charge in [-0.05, 0) is 37.5 Å². The van der Waals surface area contributed by atoms with E-state index in [1.165, 1.54) is 48.9 Å². The first-order valence-electron chi connectivity index (χ1n) is 7.08. The van der Waals surface area contributed by atoms with E-state index in [4.69, 9.17) is 0 Å². The fourth-order valence-corrected chi connectivity index (χ4v) is 3.04. The van der Waals surface area contributed by atoms with E-state index in [2.05, 4.69) is 54.1 Å². The molecule has 94 valence electrons. The molecule has 1 fully saturated rings. The second kappa shape index (κ2) is 5.01. The molecule has 3 rings (SSSR count). The summed E-state index contributed by atoms with van der Waals surface area (Å²) in [5.74, 6) is 0. The Kier molecular flexibility index (Phi) is 3.22. The lowest BCUT2D eigenvalue weighted by molar-refractivity contribution is 0.356. The zero-order chi connectivity index (χ0) is 12.4. The van der Waals surface area contributed by atoms with E-state index >= 15 is 0 Å². The molecular formula is C17H21N. The summed E-state index contributed by atoms with van der Waals surface area (Å²) in [4.78, 5) is 0. The van der Waals surface area contributed by atoms with Crippen LogP contribution in [0.25, 0.3) is 11.3 Å². The Labute approximate surface area is 109 Å². The molecule has 0 unspecified atom stereocenters. The number of hydrogen-bond donors (Lipinski definition) is 0. The number of aromatic nitrogens is 1. The molecule has 0 N–H and O–H groups in total. The summed E-state index contributed by atoms with van der Waals surface area (Å²) in [5.41, 5.74) is 4.05. The van der Waals surface area contributed by atoms with Gasteiger partial charge >= 0.3 is 0 Å². The lowest BCUT2D eigenvalue weighted by Gasteiger charge is -2.25. The largest absolute Gasteiger partial charge is 0.344 e. The van der Waals surface area contributed by atoms with Crippen molar-refractivity contribution in [1.29, 1.82) is 0 Å². The normalized spacial score (nSPS) is 16.9. The molecule has 0 radical (unpaired) electrons. The fraction of sp³-hybridized carbons (Fsp3) is 0.412. The monoisotopic (exact) mass is 239 g/mol. The zero-order valence-corrected chi connectivity index (χ0v) is 11.1. The topological polar surface area (TPSA) is 4.93 Å². The summed E-state index contributed by atoms with van der Waals surface area (Å²) in [6.45, 7) is 2.14. The third kappa shape index (κ3) is 2.22. The van der Waals surface area contributed by atoms with Gasteiger partial charge in [0.05, 0.1) is 0 Å². The minimum atomic E-state index is 0.713. The van der Waals surface area contributed by atoms with Crippen LogP contribution in [-0.4, -0.2) is 4.57 Å². The minimum absolute atomic E-state index is 0.713. The van der Waals surface area contributed by atoms with Gasteiger partial charge in [-0.2, -0.15) is 0 Å². The van der Waals surface area contributed by atoms with Crippen molar-refractivity contribution in [2.75, 3.05) is 0 Å². The van der Waals surface area contributed by atoms with Crippen LogP contribution in [0.15, 0.2) is 42.6 Å². The molecular weight excluding hydrogens is 218 g/mol. The summed E-state index contributed by atoms with van der Waals surface area (Å²) >= 11 is 0. The molecule has 1 saturated carbocycles. The maximum absolute atomic E-state index is 2.49. The first-order valence-corrected chi connectivity index (χ1v) is 7.08. The van der Waals surface area contributed by atoms with Gasteiger partial charge in [0.2, 0.25) is 0 Å². The molecule has 0 spiro atoms. The molecule has 1 heteroatoms. The summed E-state index contributed by atoms with van der Waals surface area (Å²) in [6, 6.07) is 14.0. The van der Waals surface area contributed by atoms with Crippen LogP contribution in [0.3, 0.4) is 0 Å². The third-order valence-electron chi connectivity index (χ3n) is 4.09. The van der Waals surface area contributed by atoms with E-state index in [-0.39, 0.29) is 0 Å². The fourth-order valence-electron chi connectivity index (χ4n) is 3.04. The Balaban J connectivity index is 1.93. The van der Waals surface area contributed by atoms with Gasteiger partial charge in [0, 0.05) is 17.9 Å². The Morgan fingerprint density at radius 1 is 0.944 bits per heavy atom. The summed E-state index contributed by atoms with van der Waals surface area (Å²) in [7, 11) is 0. The van der Waals surface area contributed by atoms with Crippen molar-refractivity contribution in [3.63, 3.8) is 0 Å². The number of aryl methyl sites for hydroxylation is 1. The maximum Gasteiger partial charge on any atom is 0.0482 e. The van der Waals surface area contributed by atoms with Crippen molar-refractivity contribution in [2.24, 2.45) is 0 Å². The summed E-state index contributed by atoms with van der Waals surface area (Å²) in [5, 5.41) is 0. The van der Waals surface area contributed by atoms with E-state index in [0.717, 1.165) is 0 Å². The van der Waals surface area contributed by atoms with Gasteiger partial charge in [-0.25, -0.2) is 0 Å². The molecule has 1 nitrogen and oxygen atoms in total. The van der Waals surface area contributed by atoms with Crippen LogP contribution in [-0.2, 0) is 0 Å². The smallest absolute Gasteiger partial charge is 0.0482 e. The summed E-state index contributed by atoms with van der Waals surface area (Å²) < 4.78 is 2.49. The summed E-state index contributed by atoms with van der Waals surface area (Å²) in [6.07, 6.45) is 9.12. The molecule has 1 aromatic heterocycles. The standard InChI is InChI=1S/C17H21N/c1-14-9-11-15(12-10-14)17-8-5-13-18(17)16-6-3-2-4-7-16/h5,8-13,16H,2-4,6-7H2,1H3. The van der Waals surface area contributed by atoms with Gasteiger partial charge < -0.3 is 4.57 Å². The van der Waals surface area contributed by atoms with Crippen LogP contribution in [0.4, 0.5) is 0 Å². The van der Waals surface area contributed by atoms with Gasteiger partial charge in [0.1, 0.15) is 0 Å². The van der Waals surface area contributed by atoms with Crippen LogP contribution in [0.2, 0.25) is 0 Å². The highest BCUT2D eigenvalue weighted by molar-refractivity contribution is 5.60. The van der Waals surface area contributed by atoms with E-state index in [1.807, 2.05) is 0 Å². The van der Waals surface area contributed by atoms with Gasteiger partial charge in [0.15, 0.2) is 0 Å². The average Bonchev–Trinajstić information content (AvgIpc) is 2.90. The third-order valence-corrected chi connectivity index (χ3v) is 4.09.